The van der Waals surface area contributed by atoms with E-state index in [1.54, 1.807) is 0 Å². The molecule has 1 aromatic rings. The van der Waals surface area contributed by atoms with Crippen LogP contribution in [0.5, 0.6) is 0 Å². The van der Waals surface area contributed by atoms with Crippen LogP contribution in [-0.2, 0) is 16.1 Å². The number of amides is 2. The molecule has 1 N–H and O–H groups in total. The van der Waals surface area contributed by atoms with Gasteiger partial charge in [0.2, 0.25) is 11.8 Å². The summed E-state index contributed by atoms with van der Waals surface area (Å²) in [5, 5.41) is 3.06. The van der Waals surface area contributed by atoms with Gasteiger partial charge in [0.25, 0.3) is 0 Å². The fourth-order valence-corrected chi connectivity index (χ4v) is 5.13. The molecule has 0 unspecified atom stereocenters. The molecule has 0 spiro atoms. The Morgan fingerprint density at radius 3 is 2.64 bits per heavy atom. The Bertz CT molecular complexity index is 741. The van der Waals surface area contributed by atoms with E-state index in [0.717, 1.165) is 19.5 Å². The number of benzene rings is 1. The molecule has 5 heteroatoms. The fourth-order valence-electron chi connectivity index (χ4n) is 5.13. The molecule has 4 rings (SSSR count). The van der Waals surface area contributed by atoms with Crippen molar-refractivity contribution in [1.82, 2.24) is 15.1 Å². The Balaban J connectivity index is 1.39. The minimum atomic E-state index is -0.339. The number of carbonyl (C=O) groups excluding carboxylic acids is 2. The van der Waals surface area contributed by atoms with Gasteiger partial charge in [0.15, 0.2) is 0 Å². The SMILES string of the molecule is Cc1ccc(C)c(CN2CCN3C(=O)[C@H](CC4CCCCC4)NC(=O)[C@H]3C2)c1. The van der Waals surface area contributed by atoms with Gasteiger partial charge >= 0.3 is 0 Å². The van der Waals surface area contributed by atoms with Crippen molar-refractivity contribution in [2.45, 2.75) is 71.0 Å². The Labute approximate surface area is 168 Å². The van der Waals surface area contributed by atoms with Crippen LogP contribution >= 0.6 is 0 Å². The van der Waals surface area contributed by atoms with E-state index >= 15 is 0 Å². The maximum atomic E-state index is 13.0. The molecule has 28 heavy (non-hydrogen) atoms. The molecule has 0 radical (unpaired) electrons. The normalized spacial score (nSPS) is 26.9. The zero-order valence-corrected chi connectivity index (χ0v) is 17.2. The van der Waals surface area contributed by atoms with Crippen molar-refractivity contribution < 1.29 is 9.59 Å². The first-order valence-electron chi connectivity index (χ1n) is 10.9. The number of nitrogens with zero attached hydrogens (tertiary/aromatic N) is 2. The lowest BCUT2D eigenvalue weighted by Gasteiger charge is -2.46. The van der Waals surface area contributed by atoms with Gasteiger partial charge in [0.1, 0.15) is 12.1 Å². The second-order valence-electron chi connectivity index (χ2n) is 9.01. The van der Waals surface area contributed by atoms with Crippen molar-refractivity contribution in [2.75, 3.05) is 19.6 Å². The predicted molar refractivity (Wildman–Crippen MR) is 110 cm³/mol. The van der Waals surface area contributed by atoms with Crippen LogP contribution in [-0.4, -0.2) is 53.3 Å². The first kappa shape index (κ1) is 19.4. The molecular formula is C23H33N3O2. The Hall–Kier alpha value is -1.88. The summed E-state index contributed by atoms with van der Waals surface area (Å²) >= 11 is 0. The molecule has 1 aromatic carbocycles. The van der Waals surface area contributed by atoms with E-state index in [0.29, 0.717) is 19.0 Å². The van der Waals surface area contributed by atoms with Crippen molar-refractivity contribution in [3.8, 4) is 0 Å². The van der Waals surface area contributed by atoms with Gasteiger partial charge in [-0.1, -0.05) is 55.9 Å². The Kier molecular flexibility index (Phi) is 5.72. The van der Waals surface area contributed by atoms with Crippen molar-refractivity contribution in [3.05, 3.63) is 34.9 Å². The molecule has 152 valence electrons. The molecule has 2 atom stereocenters. The monoisotopic (exact) mass is 383 g/mol. The van der Waals surface area contributed by atoms with Crippen LogP contribution in [0.15, 0.2) is 18.2 Å². The highest BCUT2D eigenvalue weighted by molar-refractivity contribution is 5.97. The first-order chi connectivity index (χ1) is 13.5. The van der Waals surface area contributed by atoms with Crippen molar-refractivity contribution in [1.29, 1.82) is 0 Å². The smallest absolute Gasteiger partial charge is 0.245 e. The summed E-state index contributed by atoms with van der Waals surface area (Å²) in [5.41, 5.74) is 3.85. The summed E-state index contributed by atoms with van der Waals surface area (Å²) < 4.78 is 0. The van der Waals surface area contributed by atoms with Gasteiger partial charge in [-0.2, -0.15) is 0 Å². The van der Waals surface area contributed by atoms with Crippen LogP contribution in [0.3, 0.4) is 0 Å². The second-order valence-corrected chi connectivity index (χ2v) is 9.01. The van der Waals surface area contributed by atoms with Crippen LogP contribution in [0, 0.1) is 19.8 Å². The third-order valence-corrected chi connectivity index (χ3v) is 6.86. The Morgan fingerprint density at radius 1 is 1.07 bits per heavy atom. The topological polar surface area (TPSA) is 52.6 Å². The average Bonchev–Trinajstić information content (AvgIpc) is 2.69. The van der Waals surface area contributed by atoms with E-state index in [-0.39, 0.29) is 23.9 Å². The largest absolute Gasteiger partial charge is 0.342 e. The lowest BCUT2D eigenvalue weighted by Crippen LogP contribution is -2.69. The Morgan fingerprint density at radius 2 is 1.86 bits per heavy atom. The zero-order chi connectivity index (χ0) is 19.7. The van der Waals surface area contributed by atoms with E-state index < -0.39 is 0 Å². The van der Waals surface area contributed by atoms with E-state index in [2.05, 4.69) is 42.3 Å². The average molecular weight is 384 g/mol. The predicted octanol–water partition coefficient (Wildman–Crippen LogP) is 2.79. The molecule has 1 aliphatic carbocycles. The number of fused-ring (bicyclic) bond motifs is 1. The molecule has 2 amide bonds. The summed E-state index contributed by atoms with van der Waals surface area (Å²) in [6.45, 7) is 7.20. The lowest BCUT2D eigenvalue weighted by molar-refractivity contribution is -0.153. The van der Waals surface area contributed by atoms with Gasteiger partial charge in [-0.15, -0.1) is 0 Å². The van der Waals surface area contributed by atoms with Gasteiger partial charge in [0.05, 0.1) is 0 Å². The molecular weight excluding hydrogens is 350 g/mol. The van der Waals surface area contributed by atoms with E-state index in [1.165, 1.54) is 48.8 Å². The molecule has 3 aliphatic rings. The van der Waals surface area contributed by atoms with E-state index in [1.807, 2.05) is 4.90 Å². The second kappa shape index (κ2) is 8.24. The van der Waals surface area contributed by atoms with E-state index in [4.69, 9.17) is 0 Å². The third kappa shape index (κ3) is 4.09. The van der Waals surface area contributed by atoms with Gasteiger partial charge in [-0.25, -0.2) is 0 Å². The molecule has 2 saturated heterocycles. The van der Waals surface area contributed by atoms with Crippen LogP contribution in [0.4, 0.5) is 0 Å². The maximum Gasteiger partial charge on any atom is 0.245 e. The summed E-state index contributed by atoms with van der Waals surface area (Å²) in [6, 6.07) is 5.88. The molecule has 2 aliphatic heterocycles. The van der Waals surface area contributed by atoms with E-state index in [9.17, 15) is 9.59 Å². The summed E-state index contributed by atoms with van der Waals surface area (Å²) in [4.78, 5) is 30.0. The number of nitrogens with one attached hydrogen (secondary N) is 1. The van der Waals surface area contributed by atoms with Crippen LogP contribution in [0.1, 0.15) is 55.2 Å². The molecule has 2 heterocycles. The first-order valence-corrected chi connectivity index (χ1v) is 10.9. The minimum absolute atomic E-state index is 0.0334. The maximum absolute atomic E-state index is 13.0. The van der Waals surface area contributed by atoms with Gasteiger partial charge in [-0.05, 0) is 37.3 Å². The molecule has 3 fully saturated rings. The van der Waals surface area contributed by atoms with Crippen molar-refractivity contribution >= 4 is 11.8 Å². The van der Waals surface area contributed by atoms with Crippen molar-refractivity contribution in [2.24, 2.45) is 5.92 Å². The molecule has 5 nitrogen and oxygen atoms in total. The molecule has 0 bridgehead atoms. The van der Waals surface area contributed by atoms with Crippen LogP contribution in [0.2, 0.25) is 0 Å². The summed E-state index contributed by atoms with van der Waals surface area (Å²) in [5.74, 6) is 0.762. The van der Waals surface area contributed by atoms with Crippen LogP contribution < -0.4 is 5.32 Å². The number of piperazine rings is 2. The van der Waals surface area contributed by atoms with Gasteiger partial charge in [-0.3, -0.25) is 14.5 Å². The summed E-state index contributed by atoms with van der Waals surface area (Å²) in [6.07, 6.45) is 7.06. The highest BCUT2D eigenvalue weighted by Crippen LogP contribution is 2.29. The highest BCUT2D eigenvalue weighted by atomic mass is 16.2. The number of hydrogen-bond acceptors (Lipinski definition) is 3. The molecule has 1 saturated carbocycles. The number of carbonyl (C=O) groups is 2. The lowest BCUT2D eigenvalue weighted by atomic mass is 9.84. The highest BCUT2D eigenvalue weighted by Gasteiger charge is 2.43. The fraction of sp³-hybridized carbons (Fsp3) is 0.652. The van der Waals surface area contributed by atoms with Crippen molar-refractivity contribution in [3.63, 3.8) is 0 Å². The summed E-state index contributed by atoms with van der Waals surface area (Å²) in [7, 11) is 0. The zero-order valence-electron chi connectivity index (χ0n) is 17.2. The van der Waals surface area contributed by atoms with Gasteiger partial charge in [0, 0.05) is 26.2 Å². The standard InChI is InChI=1S/C23H33N3O2/c1-16-8-9-17(2)19(12-16)14-25-10-11-26-21(15-25)22(27)24-20(23(26)28)13-18-6-4-3-5-7-18/h8-9,12,18,20-21H,3-7,10-11,13-15H2,1-2H3,(H,24,27)/t20-,21+/m0/s1. The third-order valence-electron chi connectivity index (χ3n) is 6.86. The van der Waals surface area contributed by atoms with Gasteiger partial charge < -0.3 is 10.2 Å². The number of hydrogen-bond donors (Lipinski definition) is 1. The quantitative estimate of drug-likeness (QED) is 0.870. The number of rotatable bonds is 4. The minimum Gasteiger partial charge on any atom is -0.342 e. The molecule has 0 aromatic heterocycles. The number of aryl methyl sites for hydroxylation is 2. The van der Waals surface area contributed by atoms with Crippen LogP contribution in [0.25, 0.3) is 0 Å².